The minimum atomic E-state index is 1.15. The van der Waals surface area contributed by atoms with Crippen LogP contribution in [0.3, 0.4) is 0 Å². The van der Waals surface area contributed by atoms with Crippen LogP contribution in [0.5, 0.6) is 0 Å². The van der Waals surface area contributed by atoms with Crippen LogP contribution in [0.2, 0.25) is 0 Å². The largest absolute Gasteiger partial charge is 0.309 e. The van der Waals surface area contributed by atoms with Gasteiger partial charge in [-0.25, -0.2) is 0 Å². The Labute approximate surface area is 294 Å². The van der Waals surface area contributed by atoms with Gasteiger partial charge in [0.2, 0.25) is 0 Å². The fourth-order valence-electron chi connectivity index (χ4n) is 8.40. The van der Waals surface area contributed by atoms with Crippen molar-refractivity contribution in [2.24, 2.45) is 0 Å². The van der Waals surface area contributed by atoms with Gasteiger partial charge in [0.25, 0.3) is 0 Å². The number of hydrogen-bond donors (Lipinski definition) is 0. The zero-order chi connectivity index (χ0) is 33.5. The van der Waals surface area contributed by atoms with E-state index in [0.717, 1.165) is 11.4 Å². The van der Waals surface area contributed by atoms with E-state index in [1.165, 1.54) is 82.2 Å². The first-order valence-electron chi connectivity index (χ1n) is 17.5. The van der Waals surface area contributed by atoms with Crippen molar-refractivity contribution in [1.29, 1.82) is 0 Å². The molecule has 0 bridgehead atoms. The molecule has 0 fully saturated rings. The number of aromatic nitrogens is 3. The van der Waals surface area contributed by atoms with Crippen LogP contribution in [0, 0.1) is 0 Å². The van der Waals surface area contributed by atoms with E-state index in [9.17, 15) is 0 Å². The van der Waals surface area contributed by atoms with E-state index in [1.54, 1.807) is 0 Å². The summed E-state index contributed by atoms with van der Waals surface area (Å²) >= 11 is 0. The molecule has 0 amide bonds. The second kappa shape index (κ2) is 10.8. The summed E-state index contributed by atoms with van der Waals surface area (Å²) in [6.07, 6.45) is 0. The van der Waals surface area contributed by atoms with Gasteiger partial charge in [-0.15, -0.1) is 0 Å². The zero-order valence-electron chi connectivity index (χ0n) is 27.7. The molecule has 0 spiro atoms. The highest BCUT2D eigenvalue weighted by atomic mass is 15.0. The maximum Gasteiger partial charge on any atom is 0.0548 e. The van der Waals surface area contributed by atoms with Gasteiger partial charge in [-0.2, -0.15) is 0 Å². The lowest BCUT2D eigenvalue weighted by atomic mass is 10.1. The molecule has 238 valence electrons. The molecule has 0 unspecified atom stereocenters. The van der Waals surface area contributed by atoms with Crippen molar-refractivity contribution in [3.63, 3.8) is 0 Å². The van der Waals surface area contributed by atoms with Crippen LogP contribution >= 0.6 is 0 Å². The van der Waals surface area contributed by atoms with Crippen molar-refractivity contribution in [3.05, 3.63) is 188 Å². The molecule has 0 aliphatic carbocycles. The molecule has 3 aromatic heterocycles. The molecular weight excluding hydrogens is 619 g/mol. The highest BCUT2D eigenvalue weighted by molar-refractivity contribution is 6.19. The number of para-hydroxylation sites is 4. The molecule has 11 rings (SSSR count). The molecule has 0 saturated heterocycles. The molecule has 8 aromatic carbocycles. The molecule has 11 aromatic rings. The van der Waals surface area contributed by atoms with Gasteiger partial charge in [0.15, 0.2) is 0 Å². The van der Waals surface area contributed by atoms with E-state index in [-0.39, 0.29) is 0 Å². The van der Waals surface area contributed by atoms with Gasteiger partial charge >= 0.3 is 0 Å². The lowest BCUT2D eigenvalue weighted by Gasteiger charge is -2.12. The van der Waals surface area contributed by atoms with E-state index in [0.29, 0.717) is 0 Å². The van der Waals surface area contributed by atoms with E-state index >= 15 is 0 Å². The van der Waals surface area contributed by atoms with Crippen LogP contribution in [0.15, 0.2) is 188 Å². The zero-order valence-corrected chi connectivity index (χ0v) is 27.7. The maximum absolute atomic E-state index is 2.46. The molecule has 0 aliphatic heterocycles. The van der Waals surface area contributed by atoms with Crippen LogP contribution in [-0.4, -0.2) is 13.7 Å². The molecule has 3 heterocycles. The third kappa shape index (κ3) is 4.12. The Kier molecular flexibility index (Phi) is 5.96. The van der Waals surface area contributed by atoms with Gasteiger partial charge in [0.05, 0.1) is 33.1 Å². The van der Waals surface area contributed by atoms with E-state index in [1.807, 2.05) is 0 Å². The quantitative estimate of drug-likeness (QED) is 0.180. The summed E-state index contributed by atoms with van der Waals surface area (Å²) in [6.45, 7) is 0. The number of nitrogens with zero attached hydrogens (tertiary/aromatic N) is 3. The van der Waals surface area contributed by atoms with E-state index in [2.05, 4.69) is 202 Å². The fraction of sp³-hybridized carbons (Fsp3) is 0. The summed E-state index contributed by atoms with van der Waals surface area (Å²) in [4.78, 5) is 0. The lowest BCUT2D eigenvalue weighted by Crippen LogP contribution is -1.96. The van der Waals surface area contributed by atoms with Crippen molar-refractivity contribution < 1.29 is 0 Å². The first-order valence-corrected chi connectivity index (χ1v) is 17.5. The third-order valence-corrected chi connectivity index (χ3v) is 10.6. The van der Waals surface area contributed by atoms with Gasteiger partial charge in [-0.05, 0) is 83.9 Å². The lowest BCUT2D eigenvalue weighted by molar-refractivity contribution is 1.16. The average Bonchev–Trinajstić information content (AvgIpc) is 3.83. The first-order chi connectivity index (χ1) is 25.3. The number of benzene rings is 8. The van der Waals surface area contributed by atoms with Crippen molar-refractivity contribution in [2.75, 3.05) is 0 Å². The second-order valence-corrected chi connectivity index (χ2v) is 13.4. The molecule has 51 heavy (non-hydrogen) atoms. The SMILES string of the molecule is c1ccc(-c2cccc(-n3c4ccccc4c4cc(-n5c6ccccc6c6cc7c(cc65)c5ccccc5n7-c5ccccc5)ccc43)c2)cc1. The van der Waals surface area contributed by atoms with Gasteiger partial charge in [-0.1, -0.05) is 115 Å². The highest BCUT2D eigenvalue weighted by Crippen LogP contribution is 2.41. The van der Waals surface area contributed by atoms with Gasteiger partial charge in [0.1, 0.15) is 0 Å². The Balaban J connectivity index is 1.18. The predicted molar refractivity (Wildman–Crippen MR) is 215 cm³/mol. The van der Waals surface area contributed by atoms with Crippen LogP contribution < -0.4 is 0 Å². The highest BCUT2D eigenvalue weighted by Gasteiger charge is 2.20. The maximum atomic E-state index is 2.46. The minimum Gasteiger partial charge on any atom is -0.309 e. The molecule has 0 aliphatic rings. The fourth-order valence-corrected chi connectivity index (χ4v) is 8.40. The van der Waals surface area contributed by atoms with Crippen molar-refractivity contribution >= 4 is 65.4 Å². The van der Waals surface area contributed by atoms with Gasteiger partial charge < -0.3 is 13.7 Å². The van der Waals surface area contributed by atoms with Crippen molar-refractivity contribution in [3.8, 4) is 28.2 Å². The molecular formula is C48H31N3. The number of hydrogen-bond acceptors (Lipinski definition) is 0. The summed E-state index contributed by atoms with van der Waals surface area (Å²) in [5.41, 5.74) is 13.1. The Morgan fingerprint density at radius 2 is 0.627 bits per heavy atom. The number of fused-ring (bicyclic) bond motifs is 9. The first kappa shape index (κ1) is 28.0. The Bertz CT molecular complexity index is 3120. The Morgan fingerprint density at radius 3 is 1.24 bits per heavy atom. The van der Waals surface area contributed by atoms with Crippen LogP contribution in [0.1, 0.15) is 0 Å². The van der Waals surface area contributed by atoms with E-state index in [4.69, 9.17) is 0 Å². The van der Waals surface area contributed by atoms with E-state index < -0.39 is 0 Å². The molecule has 0 saturated carbocycles. The molecule has 3 nitrogen and oxygen atoms in total. The summed E-state index contributed by atoms with van der Waals surface area (Å²) in [6, 6.07) is 68.4. The molecule has 3 heteroatoms. The Hall–Kier alpha value is -6.84. The average molecular weight is 650 g/mol. The number of rotatable bonds is 4. The second-order valence-electron chi connectivity index (χ2n) is 13.4. The van der Waals surface area contributed by atoms with Gasteiger partial charge in [0, 0.05) is 49.4 Å². The van der Waals surface area contributed by atoms with Crippen molar-refractivity contribution in [2.45, 2.75) is 0 Å². The van der Waals surface area contributed by atoms with Crippen molar-refractivity contribution in [1.82, 2.24) is 13.7 Å². The summed E-state index contributed by atoms with van der Waals surface area (Å²) in [5.74, 6) is 0. The summed E-state index contributed by atoms with van der Waals surface area (Å²) in [7, 11) is 0. The van der Waals surface area contributed by atoms with Crippen LogP contribution in [-0.2, 0) is 0 Å². The predicted octanol–water partition coefficient (Wildman–Crippen LogP) is 12.6. The monoisotopic (exact) mass is 649 g/mol. The molecule has 0 radical (unpaired) electrons. The summed E-state index contributed by atoms with van der Waals surface area (Å²) < 4.78 is 7.28. The molecule has 0 atom stereocenters. The summed E-state index contributed by atoms with van der Waals surface area (Å²) in [5, 5.41) is 7.49. The Morgan fingerprint density at radius 1 is 0.216 bits per heavy atom. The topological polar surface area (TPSA) is 14.8 Å². The van der Waals surface area contributed by atoms with Crippen LogP contribution in [0.25, 0.3) is 93.6 Å². The van der Waals surface area contributed by atoms with Crippen LogP contribution in [0.4, 0.5) is 0 Å². The standard InChI is InChI=1S/C48H31N3/c1-3-14-32(15-4-1)33-16-13-19-35(28-33)50-44-24-11-7-20-37(44)40-29-36(26-27-46(40)50)51-45-25-12-9-22-39(45)42-30-47-41(31-48(42)51)38-21-8-10-23-43(38)49(47)34-17-5-2-6-18-34/h1-31H. The molecule has 0 N–H and O–H groups in total. The smallest absolute Gasteiger partial charge is 0.0548 e. The van der Waals surface area contributed by atoms with Gasteiger partial charge in [-0.3, -0.25) is 0 Å². The minimum absolute atomic E-state index is 1.15. The third-order valence-electron chi connectivity index (χ3n) is 10.6. The normalized spacial score (nSPS) is 11.9.